The molecule has 0 aliphatic heterocycles. The first kappa shape index (κ1) is 20.1. The van der Waals surface area contributed by atoms with E-state index in [0.717, 1.165) is 54.9 Å². The molecule has 0 saturated carbocycles. The number of rotatable bonds is 2. The molecular weight excluding hydrogens is 442 g/mol. The van der Waals surface area contributed by atoms with Crippen LogP contribution in [0.4, 0.5) is 0 Å². The Bertz CT molecular complexity index is 2060. The van der Waals surface area contributed by atoms with Gasteiger partial charge in [-0.15, -0.1) is 0 Å². The van der Waals surface area contributed by atoms with Crippen molar-refractivity contribution in [2.75, 3.05) is 0 Å². The average molecular weight is 460 g/mol. The van der Waals surface area contributed by atoms with Gasteiger partial charge in [-0.1, -0.05) is 60.7 Å². The Labute approximate surface area is 206 Å². The fraction of sp³-hybridized carbons (Fsp3) is 0. The summed E-state index contributed by atoms with van der Waals surface area (Å²) < 4.78 is 8.51. The Morgan fingerprint density at radius 3 is 2.25 bits per heavy atom. The van der Waals surface area contributed by atoms with E-state index >= 15 is 0 Å². The SMILES string of the molecule is N#Cc1cccc(-n2c3ccc(-c4ccccc4)cc3c3c4oc5ccccc5c4ccc32)c1C#N. The van der Waals surface area contributed by atoms with E-state index in [0.29, 0.717) is 16.8 Å². The van der Waals surface area contributed by atoms with Gasteiger partial charge in [-0.2, -0.15) is 10.5 Å². The van der Waals surface area contributed by atoms with Gasteiger partial charge in [-0.05, 0) is 53.6 Å². The van der Waals surface area contributed by atoms with E-state index in [-0.39, 0.29) is 0 Å². The van der Waals surface area contributed by atoms with Crippen LogP contribution in [0.2, 0.25) is 0 Å². The number of nitriles is 2. The van der Waals surface area contributed by atoms with E-state index in [4.69, 9.17) is 4.42 Å². The van der Waals surface area contributed by atoms with Crippen molar-refractivity contribution in [3.8, 4) is 29.0 Å². The van der Waals surface area contributed by atoms with Crippen molar-refractivity contribution in [1.82, 2.24) is 4.57 Å². The highest BCUT2D eigenvalue weighted by molar-refractivity contribution is 6.24. The molecule has 166 valence electrons. The van der Waals surface area contributed by atoms with Gasteiger partial charge in [0.2, 0.25) is 0 Å². The highest BCUT2D eigenvalue weighted by Crippen LogP contribution is 2.42. The molecule has 2 heterocycles. The lowest BCUT2D eigenvalue weighted by molar-refractivity contribution is 0.673. The molecule has 7 rings (SSSR count). The van der Waals surface area contributed by atoms with Crippen molar-refractivity contribution >= 4 is 43.7 Å². The zero-order valence-electron chi connectivity index (χ0n) is 19.1. The Morgan fingerprint density at radius 1 is 0.611 bits per heavy atom. The number of fused-ring (bicyclic) bond motifs is 7. The summed E-state index contributed by atoms with van der Waals surface area (Å²) in [6, 6.07) is 38.7. The fourth-order valence-corrected chi connectivity index (χ4v) is 5.29. The molecule has 4 heteroatoms. The third-order valence-corrected chi connectivity index (χ3v) is 6.90. The van der Waals surface area contributed by atoms with Gasteiger partial charge in [0.15, 0.2) is 0 Å². The summed E-state index contributed by atoms with van der Waals surface area (Å²) >= 11 is 0. The molecule has 5 aromatic carbocycles. The first-order chi connectivity index (χ1) is 17.8. The Kier molecular flexibility index (Phi) is 4.24. The van der Waals surface area contributed by atoms with Gasteiger partial charge in [-0.3, -0.25) is 0 Å². The van der Waals surface area contributed by atoms with Crippen LogP contribution in [-0.2, 0) is 0 Å². The summed E-state index contributed by atoms with van der Waals surface area (Å²) in [6.45, 7) is 0. The number of hydrogen-bond acceptors (Lipinski definition) is 3. The predicted octanol–water partition coefficient (Wildman–Crippen LogP) is 8.09. The molecule has 0 saturated heterocycles. The Hall–Kier alpha value is -5.32. The summed E-state index contributed by atoms with van der Waals surface area (Å²) in [7, 11) is 0. The van der Waals surface area contributed by atoms with Crippen molar-refractivity contribution in [3.63, 3.8) is 0 Å². The minimum atomic E-state index is 0.357. The van der Waals surface area contributed by atoms with Gasteiger partial charge in [-0.25, -0.2) is 0 Å². The maximum atomic E-state index is 10.0. The van der Waals surface area contributed by atoms with E-state index < -0.39 is 0 Å². The average Bonchev–Trinajstić information content (AvgIpc) is 3.48. The van der Waals surface area contributed by atoms with E-state index in [9.17, 15) is 10.5 Å². The molecule has 0 fully saturated rings. The van der Waals surface area contributed by atoms with Crippen LogP contribution in [0.5, 0.6) is 0 Å². The van der Waals surface area contributed by atoms with E-state index in [2.05, 4.69) is 65.2 Å². The van der Waals surface area contributed by atoms with E-state index in [1.807, 2.05) is 48.5 Å². The van der Waals surface area contributed by atoms with Gasteiger partial charge in [0, 0.05) is 16.2 Å². The molecule has 0 amide bonds. The second-order valence-electron chi connectivity index (χ2n) is 8.79. The fourth-order valence-electron chi connectivity index (χ4n) is 5.29. The summed E-state index contributed by atoms with van der Waals surface area (Å²) in [6.07, 6.45) is 0. The number of nitrogens with zero attached hydrogens (tertiary/aromatic N) is 3. The van der Waals surface area contributed by atoms with Crippen molar-refractivity contribution in [3.05, 3.63) is 114 Å². The predicted molar refractivity (Wildman–Crippen MR) is 143 cm³/mol. The van der Waals surface area contributed by atoms with Crippen LogP contribution in [0, 0.1) is 22.7 Å². The molecule has 0 spiro atoms. The molecule has 0 radical (unpaired) electrons. The van der Waals surface area contributed by atoms with Crippen LogP contribution >= 0.6 is 0 Å². The smallest absolute Gasteiger partial charge is 0.145 e. The first-order valence-electron chi connectivity index (χ1n) is 11.7. The van der Waals surface area contributed by atoms with Crippen molar-refractivity contribution in [2.24, 2.45) is 0 Å². The number of benzene rings is 5. The molecule has 4 nitrogen and oxygen atoms in total. The molecule has 7 aromatic rings. The lowest BCUT2D eigenvalue weighted by Crippen LogP contribution is -1.99. The van der Waals surface area contributed by atoms with Crippen LogP contribution in [-0.4, -0.2) is 4.57 Å². The second-order valence-corrected chi connectivity index (χ2v) is 8.79. The topological polar surface area (TPSA) is 65.7 Å². The van der Waals surface area contributed by atoms with E-state index in [1.54, 1.807) is 6.07 Å². The maximum absolute atomic E-state index is 10.0. The molecule has 2 aromatic heterocycles. The van der Waals surface area contributed by atoms with Gasteiger partial charge in [0.05, 0.1) is 33.2 Å². The minimum absolute atomic E-state index is 0.357. The monoisotopic (exact) mass is 459 g/mol. The lowest BCUT2D eigenvalue weighted by Gasteiger charge is -2.11. The van der Waals surface area contributed by atoms with Gasteiger partial charge in [0.25, 0.3) is 0 Å². The quantitative estimate of drug-likeness (QED) is 0.262. The standard InChI is InChI=1S/C32H17N3O/c33-18-22-9-6-11-27(26(22)19-34)35-28-15-13-21(20-7-2-1-3-8-20)17-25(28)31-29(35)16-14-24-23-10-4-5-12-30(23)36-32(24)31/h1-17H. The largest absolute Gasteiger partial charge is 0.455 e. The second kappa shape index (κ2) is 7.60. The third kappa shape index (κ3) is 2.73. The lowest BCUT2D eigenvalue weighted by atomic mass is 10.0. The molecule has 0 aliphatic carbocycles. The summed E-state index contributed by atoms with van der Waals surface area (Å²) in [5.41, 5.74) is 7.15. The Balaban J connectivity index is 1.68. The number of furan rings is 1. The number of para-hydroxylation sites is 1. The van der Waals surface area contributed by atoms with E-state index in [1.165, 1.54) is 0 Å². The van der Waals surface area contributed by atoms with Gasteiger partial charge < -0.3 is 8.98 Å². The zero-order chi connectivity index (χ0) is 24.2. The summed E-state index contributed by atoms with van der Waals surface area (Å²) in [5, 5.41) is 23.8. The van der Waals surface area contributed by atoms with Crippen LogP contribution in [0.15, 0.2) is 108 Å². The van der Waals surface area contributed by atoms with Crippen LogP contribution in [0.25, 0.3) is 60.6 Å². The number of aromatic nitrogens is 1. The third-order valence-electron chi connectivity index (χ3n) is 6.90. The van der Waals surface area contributed by atoms with Crippen molar-refractivity contribution in [2.45, 2.75) is 0 Å². The highest BCUT2D eigenvalue weighted by Gasteiger charge is 2.21. The zero-order valence-corrected chi connectivity index (χ0v) is 19.1. The molecular formula is C32H17N3O. The number of hydrogen-bond donors (Lipinski definition) is 0. The summed E-state index contributed by atoms with van der Waals surface area (Å²) in [4.78, 5) is 0. The van der Waals surface area contributed by atoms with Crippen LogP contribution in [0.3, 0.4) is 0 Å². The molecule has 0 bridgehead atoms. The first-order valence-corrected chi connectivity index (χ1v) is 11.7. The molecule has 0 aliphatic rings. The van der Waals surface area contributed by atoms with Gasteiger partial charge >= 0.3 is 0 Å². The van der Waals surface area contributed by atoms with Crippen LogP contribution in [0.1, 0.15) is 11.1 Å². The molecule has 0 N–H and O–H groups in total. The molecule has 0 atom stereocenters. The van der Waals surface area contributed by atoms with Crippen molar-refractivity contribution < 1.29 is 4.42 Å². The molecule has 0 unspecified atom stereocenters. The normalized spacial score (nSPS) is 11.3. The summed E-state index contributed by atoms with van der Waals surface area (Å²) in [5.74, 6) is 0. The minimum Gasteiger partial charge on any atom is -0.455 e. The van der Waals surface area contributed by atoms with Crippen molar-refractivity contribution in [1.29, 1.82) is 10.5 Å². The highest BCUT2D eigenvalue weighted by atomic mass is 16.3. The van der Waals surface area contributed by atoms with Gasteiger partial charge in [0.1, 0.15) is 23.3 Å². The maximum Gasteiger partial charge on any atom is 0.145 e. The van der Waals surface area contributed by atoms with Crippen LogP contribution < -0.4 is 0 Å². The molecule has 36 heavy (non-hydrogen) atoms. The Morgan fingerprint density at radius 2 is 1.42 bits per heavy atom.